The Kier molecular flexibility index (Phi) is 7.01. The Morgan fingerprint density at radius 3 is 2.45 bits per heavy atom. The average Bonchev–Trinajstić information content (AvgIpc) is 3.16. The number of pyridine rings is 1. The van der Waals surface area contributed by atoms with Crippen molar-refractivity contribution in [2.45, 2.75) is 37.6 Å². The predicted octanol–water partition coefficient (Wildman–Crippen LogP) is 7.64. The minimum absolute atomic E-state index is 0.106. The zero-order valence-electron chi connectivity index (χ0n) is 21.6. The molecule has 3 heterocycles. The van der Waals surface area contributed by atoms with Crippen molar-refractivity contribution in [1.82, 2.24) is 10.3 Å². The largest absolute Gasteiger partial charge is 0.457 e. The highest BCUT2D eigenvalue weighted by atomic mass is 127. The second-order valence-corrected chi connectivity index (χ2v) is 12.3. The third-order valence-corrected chi connectivity index (χ3v) is 8.71. The Balaban J connectivity index is 1.60. The molecule has 1 aromatic heterocycles. The van der Waals surface area contributed by atoms with Gasteiger partial charge >= 0.3 is 0 Å². The number of ether oxygens (including phenoxy) is 1. The lowest BCUT2D eigenvalue weighted by molar-refractivity contribution is -0.131. The van der Waals surface area contributed by atoms with E-state index in [1.54, 1.807) is 18.2 Å². The SMILES string of the molecule is Cc1cc(Oc2ccc(I)cc2[C@H]2NC(=O)C[C@@H](c3cccc(Cl)c3)[C@]23C(=O)Nc2cc(Cl)ccc23)cc(C)n1. The number of rotatable bonds is 4. The maximum absolute atomic E-state index is 14.3. The Bertz CT molecular complexity index is 1670. The Morgan fingerprint density at radius 1 is 0.950 bits per heavy atom. The molecule has 2 N–H and O–H groups in total. The molecular formula is C31H24Cl2IN3O3. The van der Waals surface area contributed by atoms with Crippen molar-refractivity contribution >= 4 is 63.3 Å². The highest BCUT2D eigenvalue weighted by Gasteiger charge is 2.61. The van der Waals surface area contributed by atoms with Crippen molar-refractivity contribution in [3.63, 3.8) is 0 Å². The summed E-state index contributed by atoms with van der Waals surface area (Å²) in [5, 5.41) is 7.29. The predicted molar refractivity (Wildman–Crippen MR) is 164 cm³/mol. The van der Waals surface area contributed by atoms with Crippen molar-refractivity contribution in [2.24, 2.45) is 0 Å². The number of aromatic nitrogens is 1. The van der Waals surface area contributed by atoms with Crippen LogP contribution in [0.25, 0.3) is 0 Å². The monoisotopic (exact) mass is 683 g/mol. The number of nitrogens with one attached hydrogen (secondary N) is 2. The van der Waals surface area contributed by atoms with Crippen LogP contribution in [0.2, 0.25) is 10.0 Å². The standard InChI is InChI=1S/C31H24Cl2IN3O3/c1-16-10-22(11-17(2)35-16)40-27-9-7-21(34)14-23(27)29-31(24-8-6-20(33)13-26(24)36-30(31)39)25(15-28(38)37-29)18-4-3-5-19(32)12-18/h3-14,25,29H,15H2,1-2H3,(H,36,39)(H,37,38)/t25-,29+,31-/m0/s1. The molecule has 9 heteroatoms. The quantitative estimate of drug-likeness (QED) is 0.217. The van der Waals surface area contributed by atoms with E-state index in [1.807, 2.05) is 68.4 Å². The normalized spacial score (nSPS) is 21.6. The zero-order chi connectivity index (χ0) is 28.2. The van der Waals surface area contributed by atoms with E-state index in [1.165, 1.54) is 0 Å². The van der Waals surface area contributed by atoms with E-state index in [4.69, 9.17) is 27.9 Å². The van der Waals surface area contributed by atoms with Gasteiger partial charge in [0.1, 0.15) is 16.9 Å². The average molecular weight is 684 g/mol. The Morgan fingerprint density at radius 2 is 1.70 bits per heavy atom. The van der Waals surface area contributed by atoms with Crippen LogP contribution in [0.3, 0.4) is 0 Å². The summed E-state index contributed by atoms with van der Waals surface area (Å²) in [6.45, 7) is 3.82. The molecule has 2 aliphatic heterocycles. The molecule has 2 aliphatic rings. The van der Waals surface area contributed by atoms with Gasteiger partial charge in [0.15, 0.2) is 0 Å². The van der Waals surface area contributed by atoms with Gasteiger partial charge in [-0.3, -0.25) is 14.6 Å². The van der Waals surface area contributed by atoms with Gasteiger partial charge in [0, 0.05) is 60.7 Å². The van der Waals surface area contributed by atoms with Crippen LogP contribution in [0.15, 0.2) is 72.8 Å². The molecule has 0 bridgehead atoms. The first kappa shape index (κ1) is 27.1. The molecule has 4 aromatic rings. The molecule has 6 nitrogen and oxygen atoms in total. The number of benzene rings is 3. The molecule has 2 amide bonds. The van der Waals surface area contributed by atoms with Gasteiger partial charge < -0.3 is 15.4 Å². The molecule has 1 fully saturated rings. The molecule has 40 heavy (non-hydrogen) atoms. The van der Waals surface area contributed by atoms with E-state index in [9.17, 15) is 9.59 Å². The van der Waals surface area contributed by atoms with Crippen molar-refractivity contribution < 1.29 is 14.3 Å². The fourth-order valence-electron chi connectivity index (χ4n) is 6.09. The molecule has 0 saturated carbocycles. The Hall–Kier alpha value is -3.14. The number of piperidine rings is 1. The van der Waals surface area contributed by atoms with Crippen LogP contribution in [-0.4, -0.2) is 16.8 Å². The van der Waals surface area contributed by atoms with Crippen LogP contribution in [0, 0.1) is 17.4 Å². The van der Waals surface area contributed by atoms with Gasteiger partial charge in [-0.1, -0.05) is 41.4 Å². The van der Waals surface area contributed by atoms with Crippen LogP contribution in [0.1, 0.15) is 46.5 Å². The molecule has 0 unspecified atom stereocenters. The van der Waals surface area contributed by atoms with E-state index in [2.05, 4.69) is 38.2 Å². The molecule has 6 rings (SSSR count). The van der Waals surface area contributed by atoms with Crippen molar-refractivity contribution in [3.8, 4) is 11.5 Å². The molecule has 3 atom stereocenters. The van der Waals surface area contributed by atoms with Crippen molar-refractivity contribution in [3.05, 3.63) is 114 Å². The summed E-state index contributed by atoms with van der Waals surface area (Å²) in [6.07, 6.45) is 0.106. The molecule has 0 aliphatic carbocycles. The summed E-state index contributed by atoms with van der Waals surface area (Å²) in [5.41, 5.74) is 3.33. The van der Waals surface area contributed by atoms with E-state index in [-0.39, 0.29) is 18.2 Å². The lowest BCUT2D eigenvalue weighted by atomic mass is 9.59. The number of anilines is 1. The second-order valence-electron chi connectivity index (χ2n) is 10.2. The Labute approximate surface area is 255 Å². The smallest absolute Gasteiger partial charge is 0.238 e. The maximum atomic E-state index is 14.3. The van der Waals surface area contributed by atoms with E-state index in [0.29, 0.717) is 32.8 Å². The zero-order valence-corrected chi connectivity index (χ0v) is 25.3. The third-order valence-electron chi connectivity index (χ3n) is 7.57. The van der Waals surface area contributed by atoms with Gasteiger partial charge in [-0.15, -0.1) is 0 Å². The molecule has 1 saturated heterocycles. The van der Waals surface area contributed by atoms with E-state index >= 15 is 0 Å². The number of hydrogen-bond donors (Lipinski definition) is 2. The number of hydrogen-bond acceptors (Lipinski definition) is 4. The first-order chi connectivity index (χ1) is 19.1. The summed E-state index contributed by atoms with van der Waals surface area (Å²) < 4.78 is 7.39. The molecule has 3 aromatic carbocycles. The number of aryl methyl sites for hydroxylation is 2. The fraction of sp³-hybridized carbons (Fsp3) is 0.194. The number of fused-ring (bicyclic) bond motifs is 2. The van der Waals surface area contributed by atoms with Crippen LogP contribution in [-0.2, 0) is 15.0 Å². The number of carbonyl (C=O) groups excluding carboxylic acids is 2. The van der Waals surface area contributed by atoms with Gasteiger partial charge in [-0.25, -0.2) is 0 Å². The second kappa shape index (κ2) is 10.4. The summed E-state index contributed by atoms with van der Waals surface area (Å²) in [6, 6.07) is 21.5. The number of amides is 2. The minimum atomic E-state index is -1.20. The van der Waals surface area contributed by atoms with Crippen LogP contribution >= 0.6 is 45.8 Å². The minimum Gasteiger partial charge on any atom is -0.457 e. The lowest BCUT2D eigenvalue weighted by Crippen LogP contribution is -2.56. The topological polar surface area (TPSA) is 80.3 Å². The summed E-state index contributed by atoms with van der Waals surface area (Å²) in [5.74, 6) is 0.259. The number of nitrogens with zero attached hydrogens (tertiary/aromatic N) is 1. The summed E-state index contributed by atoms with van der Waals surface area (Å²) in [4.78, 5) is 32.2. The van der Waals surface area contributed by atoms with Gasteiger partial charge in [0.05, 0.1) is 6.04 Å². The highest BCUT2D eigenvalue weighted by molar-refractivity contribution is 14.1. The van der Waals surface area contributed by atoms with Crippen molar-refractivity contribution in [1.29, 1.82) is 0 Å². The molecule has 0 radical (unpaired) electrons. The first-order valence-electron chi connectivity index (χ1n) is 12.7. The maximum Gasteiger partial charge on any atom is 0.238 e. The van der Waals surface area contributed by atoms with E-state index in [0.717, 1.165) is 26.1 Å². The molecular weight excluding hydrogens is 660 g/mol. The molecule has 1 spiro atoms. The van der Waals surface area contributed by atoms with Gasteiger partial charge in [-0.05, 0) is 90.0 Å². The fourth-order valence-corrected chi connectivity index (χ4v) is 6.98. The molecule has 202 valence electrons. The van der Waals surface area contributed by atoms with Crippen LogP contribution < -0.4 is 15.4 Å². The number of halogens is 3. The van der Waals surface area contributed by atoms with Gasteiger partial charge in [-0.2, -0.15) is 0 Å². The van der Waals surface area contributed by atoms with Crippen LogP contribution in [0.5, 0.6) is 11.5 Å². The number of carbonyl (C=O) groups is 2. The van der Waals surface area contributed by atoms with E-state index < -0.39 is 17.4 Å². The first-order valence-corrected chi connectivity index (χ1v) is 14.6. The lowest BCUT2D eigenvalue weighted by Gasteiger charge is -2.46. The summed E-state index contributed by atoms with van der Waals surface area (Å²) in [7, 11) is 0. The van der Waals surface area contributed by atoms with Gasteiger partial charge in [0.25, 0.3) is 0 Å². The van der Waals surface area contributed by atoms with Crippen molar-refractivity contribution in [2.75, 3.05) is 5.32 Å². The third kappa shape index (κ3) is 4.63. The van der Waals surface area contributed by atoms with Gasteiger partial charge in [0.2, 0.25) is 11.8 Å². The highest BCUT2D eigenvalue weighted by Crippen LogP contribution is 2.58. The van der Waals surface area contributed by atoms with Crippen LogP contribution in [0.4, 0.5) is 5.69 Å². The summed E-state index contributed by atoms with van der Waals surface area (Å²) >= 11 is 15.0.